The number of hydrogen-bond acceptors (Lipinski definition) is 3. The van der Waals surface area contributed by atoms with Gasteiger partial charge in [0.25, 0.3) is 0 Å². The average Bonchev–Trinajstić information content (AvgIpc) is 2.90. The van der Waals surface area contributed by atoms with Gasteiger partial charge in [-0.25, -0.2) is 0 Å². The molecule has 0 spiro atoms. The van der Waals surface area contributed by atoms with Gasteiger partial charge >= 0.3 is 0 Å². The molecule has 0 radical (unpaired) electrons. The quantitative estimate of drug-likeness (QED) is 0.576. The summed E-state index contributed by atoms with van der Waals surface area (Å²) in [5.41, 5.74) is 5.31. The predicted molar refractivity (Wildman–Crippen MR) is 52.5 cm³/mol. The van der Waals surface area contributed by atoms with E-state index in [1.54, 1.807) is 0 Å². The van der Waals surface area contributed by atoms with Gasteiger partial charge in [0.05, 0.1) is 11.5 Å². The van der Waals surface area contributed by atoms with Crippen LogP contribution < -0.4 is 11.1 Å². The third-order valence-electron chi connectivity index (χ3n) is 3.49. The molecule has 2 fully saturated rings. The number of aliphatic hydroxyl groups excluding tert-OH is 1. The Labute approximate surface area is 83.9 Å². The SMILES string of the molecule is NCC1(C(=O)NCC2CC(O)C2)CC1. The van der Waals surface area contributed by atoms with E-state index in [4.69, 9.17) is 10.8 Å². The normalized spacial score (nSPS) is 33.3. The molecule has 0 aromatic heterocycles. The van der Waals surface area contributed by atoms with Crippen molar-refractivity contribution in [2.75, 3.05) is 13.1 Å². The molecule has 0 bridgehead atoms. The Morgan fingerprint density at radius 3 is 2.57 bits per heavy atom. The first kappa shape index (κ1) is 9.93. The number of rotatable bonds is 4. The average molecular weight is 198 g/mol. The van der Waals surface area contributed by atoms with Crippen LogP contribution in [0.15, 0.2) is 0 Å². The molecular weight excluding hydrogens is 180 g/mol. The molecule has 80 valence electrons. The van der Waals surface area contributed by atoms with E-state index in [0.29, 0.717) is 19.0 Å². The number of nitrogens with one attached hydrogen (secondary N) is 1. The Kier molecular flexibility index (Phi) is 2.49. The summed E-state index contributed by atoms with van der Waals surface area (Å²) in [6.45, 7) is 1.17. The number of carbonyl (C=O) groups excluding carboxylic acids is 1. The van der Waals surface area contributed by atoms with Crippen LogP contribution in [0.4, 0.5) is 0 Å². The molecule has 14 heavy (non-hydrogen) atoms. The molecule has 4 nitrogen and oxygen atoms in total. The predicted octanol–water partition coefficient (Wildman–Crippen LogP) is -0.388. The molecule has 0 saturated heterocycles. The summed E-state index contributed by atoms with van der Waals surface area (Å²) in [5, 5.41) is 12.0. The largest absolute Gasteiger partial charge is 0.393 e. The number of amides is 1. The van der Waals surface area contributed by atoms with Gasteiger partial charge in [-0.1, -0.05) is 0 Å². The summed E-state index contributed by atoms with van der Waals surface area (Å²) in [5.74, 6) is 0.587. The first-order valence-corrected chi connectivity index (χ1v) is 5.33. The Balaban J connectivity index is 1.68. The molecule has 2 saturated carbocycles. The van der Waals surface area contributed by atoms with Crippen molar-refractivity contribution in [3.8, 4) is 0 Å². The molecule has 0 atom stereocenters. The zero-order chi connectivity index (χ0) is 10.2. The highest BCUT2D eigenvalue weighted by molar-refractivity contribution is 5.85. The number of nitrogens with two attached hydrogens (primary N) is 1. The van der Waals surface area contributed by atoms with Crippen LogP contribution in [0.25, 0.3) is 0 Å². The van der Waals surface area contributed by atoms with Crippen molar-refractivity contribution < 1.29 is 9.90 Å². The van der Waals surface area contributed by atoms with Crippen LogP contribution in [0, 0.1) is 11.3 Å². The van der Waals surface area contributed by atoms with Crippen molar-refractivity contribution in [2.45, 2.75) is 31.8 Å². The second-order valence-corrected chi connectivity index (χ2v) is 4.69. The summed E-state index contributed by atoms with van der Waals surface area (Å²) in [6.07, 6.45) is 3.39. The van der Waals surface area contributed by atoms with Crippen molar-refractivity contribution in [1.29, 1.82) is 0 Å². The summed E-state index contributed by atoms with van der Waals surface area (Å²) in [7, 11) is 0. The van der Waals surface area contributed by atoms with Gasteiger partial charge in [0, 0.05) is 13.1 Å². The molecule has 4 heteroatoms. The molecule has 4 N–H and O–H groups in total. The summed E-state index contributed by atoms with van der Waals surface area (Å²) >= 11 is 0. The molecule has 1 amide bonds. The van der Waals surface area contributed by atoms with E-state index in [2.05, 4.69) is 5.32 Å². The molecule has 0 aromatic rings. The smallest absolute Gasteiger partial charge is 0.227 e. The Morgan fingerprint density at radius 2 is 2.14 bits per heavy atom. The maximum Gasteiger partial charge on any atom is 0.227 e. The Bertz CT molecular complexity index is 232. The first-order chi connectivity index (χ1) is 6.66. The van der Waals surface area contributed by atoms with Gasteiger partial charge in [-0.05, 0) is 31.6 Å². The van der Waals surface area contributed by atoms with Crippen molar-refractivity contribution in [2.24, 2.45) is 17.1 Å². The minimum absolute atomic E-state index is 0.112. The van der Waals surface area contributed by atoms with Gasteiger partial charge in [-0.2, -0.15) is 0 Å². The maximum absolute atomic E-state index is 11.6. The van der Waals surface area contributed by atoms with E-state index in [-0.39, 0.29) is 17.4 Å². The van der Waals surface area contributed by atoms with Crippen LogP contribution >= 0.6 is 0 Å². The lowest BCUT2D eigenvalue weighted by atomic mass is 9.82. The van der Waals surface area contributed by atoms with E-state index >= 15 is 0 Å². The molecule has 2 aliphatic rings. The lowest BCUT2D eigenvalue weighted by molar-refractivity contribution is -0.126. The monoisotopic (exact) mass is 198 g/mol. The summed E-state index contributed by atoms with van der Waals surface area (Å²) in [6, 6.07) is 0. The second kappa shape index (κ2) is 3.51. The molecule has 2 rings (SSSR count). The van der Waals surface area contributed by atoms with Crippen LogP contribution in [0.3, 0.4) is 0 Å². The van der Waals surface area contributed by atoms with Gasteiger partial charge in [-0.15, -0.1) is 0 Å². The van der Waals surface area contributed by atoms with Crippen LogP contribution in [0.5, 0.6) is 0 Å². The second-order valence-electron chi connectivity index (χ2n) is 4.69. The highest BCUT2D eigenvalue weighted by Crippen LogP contribution is 2.44. The molecule has 0 unspecified atom stereocenters. The minimum Gasteiger partial charge on any atom is -0.393 e. The van der Waals surface area contributed by atoms with Crippen LogP contribution in [0.2, 0.25) is 0 Å². The summed E-state index contributed by atoms with van der Waals surface area (Å²) in [4.78, 5) is 11.6. The van der Waals surface area contributed by atoms with Crippen LogP contribution in [0.1, 0.15) is 25.7 Å². The molecule has 0 aliphatic heterocycles. The van der Waals surface area contributed by atoms with Crippen molar-refractivity contribution in [3.05, 3.63) is 0 Å². The van der Waals surface area contributed by atoms with E-state index in [9.17, 15) is 4.79 Å². The lowest BCUT2D eigenvalue weighted by Crippen LogP contribution is -2.42. The fraction of sp³-hybridized carbons (Fsp3) is 0.900. The van der Waals surface area contributed by atoms with Crippen molar-refractivity contribution in [1.82, 2.24) is 5.32 Å². The third-order valence-corrected chi connectivity index (χ3v) is 3.49. The van der Waals surface area contributed by atoms with Gasteiger partial charge in [0.1, 0.15) is 0 Å². The van der Waals surface area contributed by atoms with E-state index < -0.39 is 0 Å². The maximum atomic E-state index is 11.6. The number of aliphatic hydroxyl groups is 1. The standard InChI is InChI=1S/C10H18N2O2/c11-6-10(1-2-10)9(14)12-5-7-3-8(13)4-7/h7-8,13H,1-6,11H2,(H,12,14). The van der Waals surface area contributed by atoms with Crippen LogP contribution in [-0.4, -0.2) is 30.2 Å². The number of hydrogen-bond donors (Lipinski definition) is 3. The van der Waals surface area contributed by atoms with Gasteiger partial charge in [0.2, 0.25) is 5.91 Å². The highest BCUT2D eigenvalue weighted by Gasteiger charge is 2.48. The Hall–Kier alpha value is -0.610. The fourth-order valence-corrected chi connectivity index (χ4v) is 1.97. The third kappa shape index (κ3) is 1.77. The summed E-state index contributed by atoms with van der Waals surface area (Å²) < 4.78 is 0. The highest BCUT2D eigenvalue weighted by atomic mass is 16.3. The minimum atomic E-state index is -0.234. The molecular formula is C10H18N2O2. The number of carbonyl (C=O) groups is 1. The van der Waals surface area contributed by atoms with Gasteiger partial charge < -0.3 is 16.2 Å². The van der Waals surface area contributed by atoms with E-state index in [0.717, 1.165) is 25.7 Å². The topological polar surface area (TPSA) is 75.4 Å². The van der Waals surface area contributed by atoms with Gasteiger partial charge in [0.15, 0.2) is 0 Å². The molecule has 0 heterocycles. The van der Waals surface area contributed by atoms with Crippen molar-refractivity contribution >= 4 is 5.91 Å². The molecule has 2 aliphatic carbocycles. The van der Waals surface area contributed by atoms with E-state index in [1.165, 1.54) is 0 Å². The van der Waals surface area contributed by atoms with E-state index in [1.807, 2.05) is 0 Å². The fourth-order valence-electron chi connectivity index (χ4n) is 1.97. The van der Waals surface area contributed by atoms with Gasteiger partial charge in [-0.3, -0.25) is 4.79 Å². The molecule has 0 aromatic carbocycles. The Morgan fingerprint density at radius 1 is 1.50 bits per heavy atom. The lowest BCUT2D eigenvalue weighted by Gasteiger charge is -2.31. The first-order valence-electron chi connectivity index (χ1n) is 5.33. The zero-order valence-corrected chi connectivity index (χ0v) is 8.33. The van der Waals surface area contributed by atoms with Crippen LogP contribution in [-0.2, 0) is 4.79 Å². The van der Waals surface area contributed by atoms with Crippen molar-refractivity contribution in [3.63, 3.8) is 0 Å². The zero-order valence-electron chi connectivity index (χ0n) is 8.33.